The van der Waals surface area contributed by atoms with Crippen molar-refractivity contribution in [3.05, 3.63) is 0 Å². The molecule has 0 aliphatic carbocycles. The first-order valence-corrected chi connectivity index (χ1v) is 5.36. The van der Waals surface area contributed by atoms with Gasteiger partial charge in [0.05, 0.1) is 6.04 Å². The summed E-state index contributed by atoms with van der Waals surface area (Å²) in [5.74, 6) is -0.440. The van der Waals surface area contributed by atoms with Gasteiger partial charge in [-0.1, -0.05) is 0 Å². The third-order valence-electron chi connectivity index (χ3n) is 2.74. The van der Waals surface area contributed by atoms with Crippen molar-refractivity contribution in [1.29, 1.82) is 0 Å². The lowest BCUT2D eigenvalue weighted by Crippen LogP contribution is -2.50. The van der Waals surface area contributed by atoms with Crippen molar-refractivity contribution in [2.45, 2.75) is 44.7 Å². The molecule has 0 aromatic rings. The smallest absolute Gasteiger partial charge is 0.239 e. The summed E-state index contributed by atoms with van der Waals surface area (Å²) < 4.78 is 0. The van der Waals surface area contributed by atoms with Crippen LogP contribution in [0.5, 0.6) is 0 Å². The number of nitrogens with zero attached hydrogens (tertiary/aromatic N) is 1. The average Bonchev–Trinajstić information content (AvgIpc) is 2.16. The van der Waals surface area contributed by atoms with Gasteiger partial charge in [-0.05, 0) is 26.2 Å². The summed E-state index contributed by atoms with van der Waals surface area (Å²) in [6.07, 6.45) is 3.12. The Bertz CT molecular complexity index is 253. The normalized spacial score (nSPS) is 23.6. The van der Waals surface area contributed by atoms with Gasteiger partial charge < -0.3 is 16.4 Å². The zero-order valence-electron chi connectivity index (χ0n) is 9.11. The van der Waals surface area contributed by atoms with Crippen LogP contribution in [-0.4, -0.2) is 35.3 Å². The van der Waals surface area contributed by atoms with E-state index in [9.17, 15) is 9.59 Å². The second-order valence-electron chi connectivity index (χ2n) is 4.14. The number of primary amides is 1. The Morgan fingerprint density at radius 2 is 2.13 bits per heavy atom. The van der Waals surface area contributed by atoms with Crippen molar-refractivity contribution in [2.24, 2.45) is 11.5 Å². The van der Waals surface area contributed by atoms with Crippen LogP contribution in [0.2, 0.25) is 0 Å². The van der Waals surface area contributed by atoms with Gasteiger partial charge in [-0.25, -0.2) is 0 Å². The van der Waals surface area contributed by atoms with Crippen LogP contribution in [0.1, 0.15) is 32.6 Å². The van der Waals surface area contributed by atoms with E-state index in [4.69, 9.17) is 11.5 Å². The van der Waals surface area contributed by atoms with Gasteiger partial charge in [-0.15, -0.1) is 0 Å². The average molecular weight is 213 g/mol. The fraction of sp³-hybridized carbons (Fsp3) is 0.800. The number of hydrogen-bond acceptors (Lipinski definition) is 3. The zero-order chi connectivity index (χ0) is 11.4. The van der Waals surface area contributed by atoms with Gasteiger partial charge in [0, 0.05) is 19.0 Å². The van der Waals surface area contributed by atoms with Crippen molar-refractivity contribution in [1.82, 2.24) is 4.90 Å². The Balaban J connectivity index is 2.65. The third-order valence-corrected chi connectivity index (χ3v) is 2.74. The van der Waals surface area contributed by atoms with E-state index < -0.39 is 6.04 Å². The minimum absolute atomic E-state index is 0.0465. The first kappa shape index (κ1) is 12.0. The SMILES string of the molecule is CC(N)C(=O)N1CCCCC1CC(N)=O. The molecule has 86 valence electrons. The van der Waals surface area contributed by atoms with Crippen molar-refractivity contribution >= 4 is 11.8 Å². The molecule has 0 saturated carbocycles. The highest BCUT2D eigenvalue weighted by Gasteiger charge is 2.29. The van der Waals surface area contributed by atoms with Gasteiger partial charge >= 0.3 is 0 Å². The van der Waals surface area contributed by atoms with Crippen LogP contribution in [0, 0.1) is 0 Å². The van der Waals surface area contributed by atoms with E-state index >= 15 is 0 Å². The summed E-state index contributed by atoms with van der Waals surface area (Å²) in [5, 5.41) is 0. The van der Waals surface area contributed by atoms with Crippen molar-refractivity contribution < 1.29 is 9.59 Å². The molecule has 1 saturated heterocycles. The molecule has 0 aromatic heterocycles. The largest absolute Gasteiger partial charge is 0.370 e. The summed E-state index contributed by atoms with van der Waals surface area (Å²) in [4.78, 5) is 24.3. The van der Waals surface area contributed by atoms with E-state index in [2.05, 4.69) is 0 Å². The monoisotopic (exact) mass is 213 g/mol. The fourth-order valence-electron chi connectivity index (χ4n) is 2.00. The van der Waals surface area contributed by atoms with Crippen LogP contribution in [0.15, 0.2) is 0 Å². The number of rotatable bonds is 3. The van der Waals surface area contributed by atoms with Crippen molar-refractivity contribution in [3.8, 4) is 0 Å². The fourth-order valence-corrected chi connectivity index (χ4v) is 2.00. The molecule has 2 unspecified atom stereocenters. The first-order valence-electron chi connectivity index (χ1n) is 5.36. The first-order chi connectivity index (χ1) is 7.02. The second-order valence-corrected chi connectivity index (χ2v) is 4.14. The number of nitrogens with two attached hydrogens (primary N) is 2. The van der Waals surface area contributed by atoms with E-state index in [1.807, 2.05) is 0 Å². The number of carbonyl (C=O) groups excluding carboxylic acids is 2. The van der Waals surface area contributed by atoms with Gasteiger partial charge in [-0.3, -0.25) is 9.59 Å². The third kappa shape index (κ3) is 3.20. The lowest BCUT2D eigenvalue weighted by Gasteiger charge is -2.36. The van der Waals surface area contributed by atoms with Crippen LogP contribution in [0.3, 0.4) is 0 Å². The number of piperidine rings is 1. The van der Waals surface area contributed by atoms with E-state index in [-0.39, 0.29) is 24.3 Å². The maximum absolute atomic E-state index is 11.7. The molecule has 0 aromatic carbocycles. The maximum atomic E-state index is 11.7. The molecule has 2 atom stereocenters. The van der Waals surface area contributed by atoms with Crippen LogP contribution in [0.4, 0.5) is 0 Å². The molecular weight excluding hydrogens is 194 g/mol. The number of hydrogen-bond donors (Lipinski definition) is 2. The minimum Gasteiger partial charge on any atom is -0.370 e. The summed E-state index contributed by atoms with van der Waals surface area (Å²) in [7, 11) is 0. The standard InChI is InChI=1S/C10H19N3O2/c1-7(11)10(15)13-5-3-2-4-8(13)6-9(12)14/h7-8H,2-6,11H2,1H3,(H2,12,14). The number of carbonyl (C=O) groups is 2. The molecule has 2 amide bonds. The Morgan fingerprint density at radius 1 is 1.47 bits per heavy atom. The molecule has 0 spiro atoms. The van der Waals surface area contributed by atoms with E-state index in [1.54, 1.807) is 11.8 Å². The van der Waals surface area contributed by atoms with Crippen molar-refractivity contribution in [3.63, 3.8) is 0 Å². The molecular formula is C10H19N3O2. The van der Waals surface area contributed by atoms with Crippen LogP contribution in [-0.2, 0) is 9.59 Å². The highest BCUT2D eigenvalue weighted by Crippen LogP contribution is 2.20. The van der Waals surface area contributed by atoms with Crippen LogP contribution >= 0.6 is 0 Å². The van der Waals surface area contributed by atoms with Gasteiger partial charge in [0.1, 0.15) is 0 Å². The zero-order valence-corrected chi connectivity index (χ0v) is 9.11. The van der Waals surface area contributed by atoms with E-state index in [0.29, 0.717) is 6.54 Å². The maximum Gasteiger partial charge on any atom is 0.239 e. The summed E-state index contributed by atoms with van der Waals surface area (Å²) in [5.41, 5.74) is 10.7. The van der Waals surface area contributed by atoms with Gasteiger partial charge in [0.15, 0.2) is 0 Å². The molecule has 4 N–H and O–H groups in total. The van der Waals surface area contributed by atoms with Gasteiger partial charge in [-0.2, -0.15) is 0 Å². The molecule has 5 nitrogen and oxygen atoms in total. The summed E-state index contributed by atoms with van der Waals surface area (Å²) >= 11 is 0. The summed E-state index contributed by atoms with van der Waals surface area (Å²) in [6, 6.07) is -0.548. The molecule has 1 fully saturated rings. The highest BCUT2D eigenvalue weighted by molar-refractivity contribution is 5.82. The Labute approximate surface area is 89.8 Å². The van der Waals surface area contributed by atoms with E-state index in [0.717, 1.165) is 19.3 Å². The summed E-state index contributed by atoms with van der Waals surface area (Å²) in [6.45, 7) is 2.36. The van der Waals surface area contributed by atoms with Crippen molar-refractivity contribution in [2.75, 3.05) is 6.54 Å². The van der Waals surface area contributed by atoms with E-state index in [1.165, 1.54) is 0 Å². The Hall–Kier alpha value is -1.10. The predicted octanol–water partition coefficient (Wildman–Crippen LogP) is -0.410. The minimum atomic E-state index is -0.501. The Kier molecular flexibility index (Phi) is 4.08. The molecule has 1 aliphatic rings. The lowest BCUT2D eigenvalue weighted by molar-refractivity contribution is -0.136. The Morgan fingerprint density at radius 3 is 2.67 bits per heavy atom. The number of amides is 2. The van der Waals surface area contributed by atoms with Crippen LogP contribution < -0.4 is 11.5 Å². The molecule has 0 bridgehead atoms. The molecule has 0 radical (unpaired) electrons. The van der Waals surface area contributed by atoms with Gasteiger partial charge in [0.25, 0.3) is 0 Å². The second kappa shape index (κ2) is 5.11. The number of likely N-dealkylation sites (tertiary alicyclic amines) is 1. The molecule has 15 heavy (non-hydrogen) atoms. The quantitative estimate of drug-likeness (QED) is 0.668. The molecule has 1 heterocycles. The topological polar surface area (TPSA) is 89.4 Å². The lowest BCUT2D eigenvalue weighted by atomic mass is 9.98. The molecule has 5 heteroatoms. The van der Waals surface area contributed by atoms with Crippen LogP contribution in [0.25, 0.3) is 0 Å². The molecule has 1 aliphatic heterocycles. The predicted molar refractivity (Wildman–Crippen MR) is 56.8 cm³/mol. The van der Waals surface area contributed by atoms with Gasteiger partial charge in [0.2, 0.25) is 11.8 Å². The molecule has 1 rings (SSSR count). The highest BCUT2D eigenvalue weighted by atomic mass is 16.2.